The first kappa shape index (κ1) is 16.6. The molecule has 1 aliphatic heterocycles. The molecule has 3 amide bonds. The Kier molecular flexibility index (Phi) is 6.03. The monoisotopic (exact) mass is 311 g/mol. The van der Waals surface area contributed by atoms with E-state index in [4.69, 9.17) is 4.74 Å². The summed E-state index contributed by atoms with van der Waals surface area (Å²) in [6, 6.07) is -0.859. The van der Waals surface area contributed by atoms with E-state index in [1.807, 2.05) is 0 Å². The molecule has 2 rings (SSSR count). The van der Waals surface area contributed by atoms with Gasteiger partial charge in [0, 0.05) is 19.1 Å². The zero-order chi connectivity index (χ0) is 15.9. The molecule has 22 heavy (non-hydrogen) atoms. The van der Waals surface area contributed by atoms with E-state index < -0.39 is 12.0 Å². The van der Waals surface area contributed by atoms with Crippen molar-refractivity contribution in [3.05, 3.63) is 0 Å². The second-order valence-corrected chi connectivity index (χ2v) is 5.79. The quantitative estimate of drug-likeness (QED) is 0.751. The minimum Gasteiger partial charge on any atom is -0.466 e. The number of carbonyl (C=O) groups is 3. The molecule has 2 aliphatic rings. The Balaban J connectivity index is 1.96. The number of hydrogen-bond donors (Lipinski definition) is 2. The summed E-state index contributed by atoms with van der Waals surface area (Å²) in [5, 5.41) is 5.70. The van der Waals surface area contributed by atoms with Gasteiger partial charge in [-0.15, -0.1) is 0 Å². The molecular formula is C15H25N3O4. The second-order valence-electron chi connectivity index (χ2n) is 5.79. The van der Waals surface area contributed by atoms with Gasteiger partial charge in [0.2, 0.25) is 5.91 Å². The average Bonchev–Trinajstić information content (AvgIpc) is 2.50. The highest BCUT2D eigenvalue weighted by atomic mass is 16.5. The summed E-state index contributed by atoms with van der Waals surface area (Å²) >= 11 is 0. The van der Waals surface area contributed by atoms with Crippen LogP contribution in [0.2, 0.25) is 0 Å². The van der Waals surface area contributed by atoms with Gasteiger partial charge in [-0.2, -0.15) is 0 Å². The summed E-state index contributed by atoms with van der Waals surface area (Å²) in [5.41, 5.74) is 0. The summed E-state index contributed by atoms with van der Waals surface area (Å²) in [7, 11) is 0. The number of piperazine rings is 1. The smallest absolute Gasteiger partial charge is 0.318 e. The number of esters is 1. The molecule has 0 spiro atoms. The molecule has 0 unspecified atom stereocenters. The maximum Gasteiger partial charge on any atom is 0.318 e. The Labute approximate surface area is 130 Å². The van der Waals surface area contributed by atoms with Gasteiger partial charge in [0.25, 0.3) is 0 Å². The first-order valence-corrected chi connectivity index (χ1v) is 8.12. The van der Waals surface area contributed by atoms with Crippen molar-refractivity contribution in [2.75, 3.05) is 19.7 Å². The lowest BCUT2D eigenvalue weighted by molar-refractivity contribution is -0.147. The van der Waals surface area contributed by atoms with Gasteiger partial charge >= 0.3 is 12.0 Å². The Morgan fingerprint density at radius 1 is 1.32 bits per heavy atom. The molecule has 2 fully saturated rings. The normalized spacial score (nSPS) is 22.9. The van der Waals surface area contributed by atoms with Crippen molar-refractivity contribution in [2.45, 2.75) is 57.5 Å². The number of urea groups is 1. The second kappa shape index (κ2) is 8.00. The van der Waals surface area contributed by atoms with Crippen molar-refractivity contribution < 1.29 is 19.1 Å². The largest absolute Gasteiger partial charge is 0.466 e. The zero-order valence-corrected chi connectivity index (χ0v) is 13.1. The van der Waals surface area contributed by atoms with Gasteiger partial charge in [-0.25, -0.2) is 4.79 Å². The molecule has 1 heterocycles. The lowest BCUT2D eigenvalue weighted by atomic mass is 9.95. The lowest BCUT2D eigenvalue weighted by Gasteiger charge is -2.36. The van der Waals surface area contributed by atoms with Gasteiger partial charge < -0.3 is 20.3 Å². The highest BCUT2D eigenvalue weighted by molar-refractivity contribution is 5.91. The molecule has 0 aromatic heterocycles. The van der Waals surface area contributed by atoms with Crippen molar-refractivity contribution >= 4 is 17.9 Å². The summed E-state index contributed by atoms with van der Waals surface area (Å²) in [6.07, 6.45) is 5.32. The van der Waals surface area contributed by atoms with Crippen LogP contribution < -0.4 is 10.6 Å². The van der Waals surface area contributed by atoms with Crippen LogP contribution in [0.4, 0.5) is 4.79 Å². The van der Waals surface area contributed by atoms with Crippen LogP contribution in [0.1, 0.15) is 45.4 Å². The summed E-state index contributed by atoms with van der Waals surface area (Å²) in [5.74, 6) is -0.752. The molecule has 0 radical (unpaired) electrons. The maximum atomic E-state index is 12.4. The fourth-order valence-corrected chi connectivity index (χ4v) is 3.04. The molecule has 1 saturated carbocycles. The van der Waals surface area contributed by atoms with E-state index >= 15 is 0 Å². The predicted molar refractivity (Wildman–Crippen MR) is 80.2 cm³/mol. The Bertz CT molecular complexity index is 421. The molecule has 7 heteroatoms. The number of nitrogens with zero attached hydrogens (tertiary/aromatic N) is 1. The fraction of sp³-hybridized carbons (Fsp3) is 0.800. The summed E-state index contributed by atoms with van der Waals surface area (Å²) < 4.78 is 4.89. The van der Waals surface area contributed by atoms with Crippen LogP contribution in [0.5, 0.6) is 0 Å². The Morgan fingerprint density at radius 2 is 2.05 bits per heavy atom. The van der Waals surface area contributed by atoms with E-state index in [0.29, 0.717) is 13.1 Å². The minimum atomic E-state index is -0.781. The number of rotatable bonds is 4. The number of carbonyl (C=O) groups excluding carboxylic acids is 3. The van der Waals surface area contributed by atoms with Crippen LogP contribution in [-0.2, 0) is 14.3 Å². The fourth-order valence-electron chi connectivity index (χ4n) is 3.04. The van der Waals surface area contributed by atoms with Gasteiger partial charge in [-0.3, -0.25) is 9.59 Å². The van der Waals surface area contributed by atoms with Crippen LogP contribution in [0.3, 0.4) is 0 Å². The first-order chi connectivity index (χ1) is 10.6. The van der Waals surface area contributed by atoms with Crippen molar-refractivity contribution in [3.63, 3.8) is 0 Å². The number of nitrogens with one attached hydrogen (secondary N) is 2. The van der Waals surface area contributed by atoms with Crippen molar-refractivity contribution in [3.8, 4) is 0 Å². The third kappa shape index (κ3) is 4.35. The Hall–Kier alpha value is -1.79. The van der Waals surface area contributed by atoms with Gasteiger partial charge in [0.05, 0.1) is 13.0 Å². The van der Waals surface area contributed by atoms with E-state index in [1.165, 1.54) is 11.3 Å². The van der Waals surface area contributed by atoms with Crippen LogP contribution >= 0.6 is 0 Å². The minimum absolute atomic E-state index is 0.0994. The molecule has 0 aromatic carbocycles. The lowest BCUT2D eigenvalue weighted by Crippen LogP contribution is -2.61. The molecule has 2 N–H and O–H groups in total. The van der Waals surface area contributed by atoms with Gasteiger partial charge in [-0.05, 0) is 19.8 Å². The van der Waals surface area contributed by atoms with E-state index in [-0.39, 0.29) is 31.0 Å². The average molecular weight is 311 g/mol. The Morgan fingerprint density at radius 3 is 2.73 bits per heavy atom. The predicted octanol–water partition coefficient (Wildman–Crippen LogP) is 0.782. The van der Waals surface area contributed by atoms with Crippen molar-refractivity contribution in [1.29, 1.82) is 0 Å². The number of amides is 3. The zero-order valence-electron chi connectivity index (χ0n) is 13.1. The third-order valence-electron chi connectivity index (χ3n) is 4.19. The molecular weight excluding hydrogens is 286 g/mol. The SMILES string of the molecule is CCOC(=O)C[C@H]1C(=O)NCCN1C(=O)NC1CCCCC1. The molecule has 0 bridgehead atoms. The van der Waals surface area contributed by atoms with Crippen LogP contribution in [-0.4, -0.2) is 54.6 Å². The topological polar surface area (TPSA) is 87.7 Å². The molecule has 1 atom stereocenters. The highest BCUT2D eigenvalue weighted by Gasteiger charge is 2.35. The number of ether oxygens (including phenoxy) is 1. The van der Waals surface area contributed by atoms with Gasteiger partial charge in [0.1, 0.15) is 6.04 Å². The van der Waals surface area contributed by atoms with Gasteiger partial charge in [0.15, 0.2) is 0 Å². The van der Waals surface area contributed by atoms with E-state index in [0.717, 1.165) is 25.7 Å². The molecule has 1 saturated heterocycles. The van der Waals surface area contributed by atoms with Crippen LogP contribution in [0.15, 0.2) is 0 Å². The van der Waals surface area contributed by atoms with Crippen LogP contribution in [0.25, 0.3) is 0 Å². The van der Waals surface area contributed by atoms with E-state index in [2.05, 4.69) is 10.6 Å². The molecule has 124 valence electrons. The van der Waals surface area contributed by atoms with E-state index in [1.54, 1.807) is 6.92 Å². The molecule has 7 nitrogen and oxygen atoms in total. The van der Waals surface area contributed by atoms with Gasteiger partial charge in [-0.1, -0.05) is 19.3 Å². The standard InChI is InChI=1S/C15H25N3O4/c1-2-22-13(19)10-12-14(20)16-8-9-18(12)15(21)17-11-6-4-3-5-7-11/h11-12H,2-10H2,1H3,(H,16,20)(H,17,21)/t12-/m0/s1. The van der Waals surface area contributed by atoms with Crippen molar-refractivity contribution in [1.82, 2.24) is 15.5 Å². The van der Waals surface area contributed by atoms with Crippen LogP contribution in [0, 0.1) is 0 Å². The third-order valence-corrected chi connectivity index (χ3v) is 4.19. The van der Waals surface area contributed by atoms with Crippen molar-refractivity contribution in [2.24, 2.45) is 0 Å². The number of hydrogen-bond acceptors (Lipinski definition) is 4. The molecule has 1 aliphatic carbocycles. The maximum absolute atomic E-state index is 12.4. The summed E-state index contributed by atoms with van der Waals surface area (Å²) in [4.78, 5) is 37.6. The molecule has 0 aromatic rings. The first-order valence-electron chi connectivity index (χ1n) is 8.12. The highest BCUT2D eigenvalue weighted by Crippen LogP contribution is 2.18. The van der Waals surface area contributed by atoms with E-state index in [9.17, 15) is 14.4 Å². The summed E-state index contributed by atoms with van der Waals surface area (Å²) in [6.45, 7) is 2.80.